The summed E-state index contributed by atoms with van der Waals surface area (Å²) >= 11 is 0. The third-order valence-corrected chi connectivity index (χ3v) is 1.59. The quantitative estimate of drug-likeness (QED) is 0.450. The van der Waals surface area contributed by atoms with Crippen molar-refractivity contribution in [2.75, 3.05) is 13.1 Å². The number of aliphatic imine (C=N–C) groups is 2. The second-order valence-electron chi connectivity index (χ2n) is 3.34. The van der Waals surface area contributed by atoms with Crippen LogP contribution in [0.3, 0.4) is 0 Å². The molecule has 0 aromatic carbocycles. The summed E-state index contributed by atoms with van der Waals surface area (Å²) < 4.78 is 0. The zero-order valence-electron chi connectivity index (χ0n) is 9.40. The lowest BCUT2D eigenvalue weighted by Crippen LogP contribution is -1.93. The molecular formula is C11H18N2O2. The lowest BCUT2D eigenvalue weighted by Gasteiger charge is -1.91. The Morgan fingerprint density at radius 2 is 1.33 bits per heavy atom. The van der Waals surface area contributed by atoms with Crippen molar-refractivity contribution in [2.45, 2.75) is 33.1 Å². The van der Waals surface area contributed by atoms with E-state index < -0.39 is 0 Å². The Kier molecular flexibility index (Phi) is 8.43. The molecule has 0 bridgehead atoms. The second-order valence-corrected chi connectivity index (χ2v) is 3.34. The average Bonchev–Trinajstić information content (AvgIpc) is 2.14. The molecule has 0 heterocycles. The summed E-state index contributed by atoms with van der Waals surface area (Å²) in [6.07, 6.45) is 4.95. The summed E-state index contributed by atoms with van der Waals surface area (Å²) in [6, 6.07) is 0. The lowest BCUT2D eigenvalue weighted by atomic mass is 10.3. The highest BCUT2D eigenvalue weighted by Crippen LogP contribution is 1.85. The van der Waals surface area contributed by atoms with Crippen molar-refractivity contribution < 1.29 is 9.59 Å². The van der Waals surface area contributed by atoms with Crippen molar-refractivity contribution in [1.29, 1.82) is 0 Å². The molecule has 0 aliphatic carbocycles. The van der Waals surface area contributed by atoms with E-state index in [0.717, 1.165) is 6.42 Å². The highest BCUT2D eigenvalue weighted by molar-refractivity contribution is 5.89. The Labute approximate surface area is 90.5 Å². The number of hydrogen-bond donors (Lipinski definition) is 0. The molecule has 0 N–H and O–H groups in total. The third-order valence-electron chi connectivity index (χ3n) is 1.59. The van der Waals surface area contributed by atoms with E-state index >= 15 is 0 Å². The van der Waals surface area contributed by atoms with E-state index in [-0.39, 0.29) is 11.6 Å². The van der Waals surface area contributed by atoms with Gasteiger partial charge in [0, 0.05) is 38.4 Å². The molecule has 0 aromatic heterocycles. The molecule has 0 rings (SSSR count). The van der Waals surface area contributed by atoms with E-state index in [2.05, 4.69) is 9.98 Å². The molecular weight excluding hydrogens is 192 g/mol. The number of nitrogens with zero attached hydrogens (tertiary/aromatic N) is 2. The van der Waals surface area contributed by atoms with Crippen LogP contribution in [-0.4, -0.2) is 37.1 Å². The van der Waals surface area contributed by atoms with Crippen LogP contribution in [0.4, 0.5) is 0 Å². The van der Waals surface area contributed by atoms with Crippen molar-refractivity contribution in [3.8, 4) is 0 Å². The number of hydrogen-bond acceptors (Lipinski definition) is 4. The van der Waals surface area contributed by atoms with Crippen molar-refractivity contribution in [2.24, 2.45) is 9.98 Å². The van der Waals surface area contributed by atoms with E-state index in [1.165, 1.54) is 13.8 Å². The van der Waals surface area contributed by atoms with E-state index in [1.54, 1.807) is 12.4 Å². The first-order valence-electron chi connectivity index (χ1n) is 5.08. The van der Waals surface area contributed by atoms with Gasteiger partial charge >= 0.3 is 0 Å². The van der Waals surface area contributed by atoms with Crippen molar-refractivity contribution >= 4 is 24.0 Å². The smallest absolute Gasteiger partial charge is 0.135 e. The van der Waals surface area contributed by atoms with Gasteiger partial charge in [-0.25, -0.2) is 0 Å². The van der Waals surface area contributed by atoms with Crippen LogP contribution in [0.25, 0.3) is 0 Å². The summed E-state index contributed by atoms with van der Waals surface area (Å²) in [4.78, 5) is 29.2. The van der Waals surface area contributed by atoms with Gasteiger partial charge in [0.15, 0.2) is 0 Å². The zero-order chi connectivity index (χ0) is 11.5. The van der Waals surface area contributed by atoms with Crippen LogP contribution in [0.15, 0.2) is 9.98 Å². The van der Waals surface area contributed by atoms with Gasteiger partial charge in [-0.1, -0.05) is 0 Å². The van der Waals surface area contributed by atoms with E-state index in [4.69, 9.17) is 0 Å². The van der Waals surface area contributed by atoms with Gasteiger partial charge in [0.25, 0.3) is 0 Å². The molecule has 0 aromatic rings. The highest BCUT2D eigenvalue weighted by Gasteiger charge is 1.88. The Morgan fingerprint density at radius 3 is 1.67 bits per heavy atom. The minimum atomic E-state index is 0.123. The molecule has 84 valence electrons. The zero-order valence-corrected chi connectivity index (χ0v) is 9.40. The Balaban J connectivity index is 3.31. The number of ketones is 2. The van der Waals surface area contributed by atoms with Crippen LogP contribution < -0.4 is 0 Å². The van der Waals surface area contributed by atoms with Gasteiger partial charge in [-0.15, -0.1) is 0 Å². The van der Waals surface area contributed by atoms with Gasteiger partial charge in [0.2, 0.25) is 0 Å². The molecule has 0 saturated heterocycles. The predicted octanol–water partition coefficient (Wildman–Crippen LogP) is 1.48. The topological polar surface area (TPSA) is 58.9 Å². The molecule has 0 amide bonds. The first-order chi connectivity index (χ1) is 7.13. The van der Waals surface area contributed by atoms with Crippen molar-refractivity contribution in [3.05, 3.63) is 0 Å². The first kappa shape index (κ1) is 13.7. The molecule has 0 spiro atoms. The van der Waals surface area contributed by atoms with Crippen LogP contribution in [-0.2, 0) is 9.59 Å². The maximum atomic E-state index is 10.5. The van der Waals surface area contributed by atoms with Crippen LogP contribution in [0, 0.1) is 0 Å². The van der Waals surface area contributed by atoms with Gasteiger partial charge in [-0.3, -0.25) is 19.6 Å². The summed E-state index contributed by atoms with van der Waals surface area (Å²) in [5.74, 6) is 0.247. The summed E-state index contributed by atoms with van der Waals surface area (Å²) in [5, 5.41) is 0. The normalized spacial score (nSPS) is 11.3. The van der Waals surface area contributed by atoms with Gasteiger partial charge in [-0.05, 0) is 20.3 Å². The number of carbonyl (C=O) groups excluding carboxylic acids is 2. The maximum Gasteiger partial charge on any atom is 0.135 e. The number of Topliss-reactive ketones (excluding diaryl/α,β-unsaturated/α-hetero) is 2. The van der Waals surface area contributed by atoms with Gasteiger partial charge in [0.1, 0.15) is 11.6 Å². The predicted molar refractivity (Wildman–Crippen MR) is 61.9 cm³/mol. The van der Waals surface area contributed by atoms with E-state index in [9.17, 15) is 9.59 Å². The van der Waals surface area contributed by atoms with Crippen LogP contribution in [0.1, 0.15) is 33.1 Å². The molecule has 0 aliphatic heterocycles. The summed E-state index contributed by atoms with van der Waals surface area (Å²) in [5.41, 5.74) is 0. The Hall–Kier alpha value is -1.32. The fourth-order valence-electron chi connectivity index (χ4n) is 0.822. The second kappa shape index (κ2) is 9.24. The minimum Gasteiger partial charge on any atom is -0.300 e. The maximum absolute atomic E-state index is 10.5. The molecule has 15 heavy (non-hydrogen) atoms. The summed E-state index contributed by atoms with van der Waals surface area (Å²) in [7, 11) is 0. The summed E-state index contributed by atoms with van der Waals surface area (Å²) in [6.45, 7) is 4.45. The lowest BCUT2D eigenvalue weighted by molar-refractivity contribution is -0.116. The van der Waals surface area contributed by atoms with E-state index in [0.29, 0.717) is 25.9 Å². The first-order valence-corrected chi connectivity index (χ1v) is 5.08. The largest absolute Gasteiger partial charge is 0.300 e. The van der Waals surface area contributed by atoms with E-state index in [1.807, 2.05) is 0 Å². The fraction of sp³-hybridized carbons (Fsp3) is 0.636. The van der Waals surface area contributed by atoms with Crippen LogP contribution in [0.5, 0.6) is 0 Å². The van der Waals surface area contributed by atoms with Gasteiger partial charge in [-0.2, -0.15) is 0 Å². The van der Waals surface area contributed by atoms with Crippen molar-refractivity contribution in [1.82, 2.24) is 0 Å². The number of carbonyl (C=O) groups is 2. The highest BCUT2D eigenvalue weighted by atomic mass is 16.1. The minimum absolute atomic E-state index is 0.123. The fourth-order valence-corrected chi connectivity index (χ4v) is 0.822. The van der Waals surface area contributed by atoms with Crippen LogP contribution in [0.2, 0.25) is 0 Å². The third kappa shape index (κ3) is 12.7. The average molecular weight is 210 g/mol. The Morgan fingerprint density at radius 1 is 0.933 bits per heavy atom. The monoisotopic (exact) mass is 210 g/mol. The number of rotatable bonds is 8. The van der Waals surface area contributed by atoms with Gasteiger partial charge < -0.3 is 0 Å². The molecule has 0 saturated carbocycles. The molecule has 0 radical (unpaired) electrons. The SMILES string of the molecule is CC(=O)CC=NCCCN=CCC(C)=O. The standard InChI is InChI=1S/C11H18N2O2/c1-10(14)4-8-12-6-3-7-13-9-5-11(2)15/h8-9H,3-7H2,1-2H3. The molecule has 0 unspecified atom stereocenters. The molecule has 4 nitrogen and oxygen atoms in total. The van der Waals surface area contributed by atoms with Gasteiger partial charge in [0.05, 0.1) is 0 Å². The molecule has 0 fully saturated rings. The van der Waals surface area contributed by atoms with Crippen molar-refractivity contribution in [3.63, 3.8) is 0 Å². The molecule has 0 atom stereocenters. The molecule has 0 aliphatic rings. The Bertz CT molecular complexity index is 231. The molecule has 4 heteroatoms. The van der Waals surface area contributed by atoms with Crippen LogP contribution >= 0.6 is 0 Å².